The molecule has 4 aromatic rings. The zero-order valence-corrected chi connectivity index (χ0v) is 20.8. The van der Waals surface area contributed by atoms with E-state index in [0.717, 1.165) is 12.8 Å². The van der Waals surface area contributed by atoms with Crippen molar-refractivity contribution in [3.05, 3.63) is 83.9 Å². The van der Waals surface area contributed by atoms with E-state index in [1.165, 1.54) is 48.5 Å². The first-order chi connectivity index (χ1) is 18.1. The van der Waals surface area contributed by atoms with E-state index in [-0.39, 0.29) is 28.8 Å². The molecule has 2 aromatic carbocycles. The summed E-state index contributed by atoms with van der Waals surface area (Å²) in [6.45, 7) is 3.25. The molecule has 0 bridgehead atoms. The number of amides is 1. The summed E-state index contributed by atoms with van der Waals surface area (Å²) in [7, 11) is 0. The number of nitrogens with two attached hydrogens (primary N) is 1. The van der Waals surface area contributed by atoms with Crippen LogP contribution in [0.15, 0.2) is 67.0 Å². The van der Waals surface area contributed by atoms with E-state index in [9.17, 15) is 23.1 Å². The van der Waals surface area contributed by atoms with E-state index in [1.807, 2.05) is 16.2 Å². The summed E-state index contributed by atoms with van der Waals surface area (Å²) in [5, 5.41) is 10.9. The molecular formula is C28H28F3N5O2. The van der Waals surface area contributed by atoms with Crippen LogP contribution in [0, 0.1) is 0 Å². The minimum absolute atomic E-state index is 0.0761. The Hall–Kier alpha value is -3.92. The molecule has 1 fully saturated rings. The second-order valence-corrected chi connectivity index (χ2v) is 9.55. The summed E-state index contributed by atoms with van der Waals surface area (Å²) in [5.41, 5.74) is 4.02. The highest BCUT2D eigenvalue weighted by atomic mass is 19.4. The minimum Gasteiger partial charge on any atom is -0.382 e. The molecule has 1 saturated heterocycles. The third-order valence-corrected chi connectivity index (χ3v) is 7.26. The highest BCUT2D eigenvalue weighted by Gasteiger charge is 2.56. The molecule has 1 amide bonds. The number of hydrogen-bond acceptors (Lipinski definition) is 5. The molecule has 1 aliphatic rings. The SMILES string of the molecule is CCC(CN1CCCC1=O)c1nc(-c2ccc(C(O)(c3ccccc3)C(F)(F)F)cc2)c2c(N)nccn12. The maximum absolute atomic E-state index is 14.2. The fourth-order valence-corrected chi connectivity index (χ4v) is 5.18. The molecule has 2 unspecified atom stereocenters. The summed E-state index contributed by atoms with van der Waals surface area (Å²) in [6, 6.07) is 12.5. The Balaban J connectivity index is 1.58. The molecule has 198 valence electrons. The molecule has 2 atom stereocenters. The summed E-state index contributed by atoms with van der Waals surface area (Å²) >= 11 is 0. The average molecular weight is 524 g/mol. The molecule has 5 rings (SSSR count). The van der Waals surface area contributed by atoms with Crippen LogP contribution in [0.25, 0.3) is 16.8 Å². The molecule has 0 radical (unpaired) electrons. The van der Waals surface area contributed by atoms with Gasteiger partial charge in [-0.15, -0.1) is 0 Å². The van der Waals surface area contributed by atoms with Crippen molar-refractivity contribution in [2.75, 3.05) is 18.8 Å². The average Bonchev–Trinajstić information content (AvgIpc) is 3.50. The highest BCUT2D eigenvalue weighted by Crippen LogP contribution is 2.44. The maximum Gasteiger partial charge on any atom is 0.425 e. The maximum atomic E-state index is 14.2. The van der Waals surface area contributed by atoms with Crippen molar-refractivity contribution in [2.24, 2.45) is 0 Å². The lowest BCUT2D eigenvalue weighted by molar-refractivity contribution is -0.248. The smallest absolute Gasteiger partial charge is 0.382 e. The number of hydrogen-bond donors (Lipinski definition) is 2. The van der Waals surface area contributed by atoms with Crippen molar-refractivity contribution in [3.8, 4) is 11.3 Å². The minimum atomic E-state index is -4.94. The Morgan fingerprint density at radius 2 is 1.76 bits per heavy atom. The van der Waals surface area contributed by atoms with Crippen LogP contribution in [0.3, 0.4) is 0 Å². The van der Waals surface area contributed by atoms with Crippen LogP contribution in [0.5, 0.6) is 0 Å². The van der Waals surface area contributed by atoms with Gasteiger partial charge in [0.1, 0.15) is 22.9 Å². The van der Waals surface area contributed by atoms with E-state index in [0.29, 0.717) is 42.1 Å². The lowest BCUT2D eigenvalue weighted by Crippen LogP contribution is -2.43. The van der Waals surface area contributed by atoms with Crippen molar-refractivity contribution in [1.29, 1.82) is 0 Å². The zero-order chi connectivity index (χ0) is 27.1. The van der Waals surface area contributed by atoms with Gasteiger partial charge >= 0.3 is 6.18 Å². The number of likely N-dealkylation sites (tertiary alicyclic amines) is 1. The molecule has 38 heavy (non-hydrogen) atoms. The molecule has 3 N–H and O–H groups in total. The molecule has 1 aliphatic heterocycles. The van der Waals surface area contributed by atoms with Crippen molar-refractivity contribution in [2.45, 2.75) is 43.9 Å². The zero-order valence-electron chi connectivity index (χ0n) is 20.8. The highest BCUT2D eigenvalue weighted by molar-refractivity contribution is 5.85. The van der Waals surface area contributed by atoms with E-state index in [2.05, 4.69) is 4.98 Å². The van der Waals surface area contributed by atoms with Crippen LogP contribution in [0.4, 0.5) is 19.0 Å². The Morgan fingerprint density at radius 3 is 2.37 bits per heavy atom. The first-order valence-corrected chi connectivity index (χ1v) is 12.5. The van der Waals surface area contributed by atoms with Crippen LogP contribution < -0.4 is 5.73 Å². The first kappa shape index (κ1) is 25.7. The predicted molar refractivity (Wildman–Crippen MR) is 137 cm³/mol. The van der Waals surface area contributed by atoms with Crippen molar-refractivity contribution in [1.82, 2.24) is 19.3 Å². The van der Waals surface area contributed by atoms with Gasteiger partial charge in [-0.2, -0.15) is 13.2 Å². The topological polar surface area (TPSA) is 96.8 Å². The third kappa shape index (κ3) is 4.28. The molecule has 0 saturated carbocycles. The summed E-state index contributed by atoms with van der Waals surface area (Å²) in [4.78, 5) is 23.2. The fourth-order valence-electron chi connectivity index (χ4n) is 5.18. The number of nitrogen functional groups attached to an aromatic ring is 1. The number of alkyl halides is 3. The van der Waals surface area contributed by atoms with Gasteiger partial charge in [-0.25, -0.2) is 9.97 Å². The van der Waals surface area contributed by atoms with Gasteiger partial charge in [-0.1, -0.05) is 61.5 Å². The molecule has 0 aliphatic carbocycles. The van der Waals surface area contributed by atoms with Gasteiger partial charge in [0.15, 0.2) is 0 Å². The van der Waals surface area contributed by atoms with E-state index < -0.39 is 11.8 Å². The molecule has 3 heterocycles. The number of nitrogens with zero attached hydrogens (tertiary/aromatic N) is 4. The Labute approximate surface area is 217 Å². The summed E-state index contributed by atoms with van der Waals surface area (Å²) in [6.07, 6.45) is 0.467. The molecular weight excluding hydrogens is 495 g/mol. The Morgan fingerprint density at radius 1 is 1.08 bits per heavy atom. The number of benzene rings is 2. The van der Waals surface area contributed by atoms with E-state index in [1.54, 1.807) is 18.5 Å². The van der Waals surface area contributed by atoms with Crippen molar-refractivity contribution in [3.63, 3.8) is 0 Å². The quantitative estimate of drug-likeness (QED) is 0.360. The van der Waals surface area contributed by atoms with Crippen LogP contribution in [0.1, 0.15) is 49.1 Å². The van der Waals surface area contributed by atoms with Crippen LogP contribution in [-0.4, -0.2) is 49.5 Å². The van der Waals surface area contributed by atoms with E-state index >= 15 is 0 Å². The van der Waals surface area contributed by atoms with Gasteiger partial charge in [0, 0.05) is 43.4 Å². The lowest BCUT2D eigenvalue weighted by Gasteiger charge is -2.31. The van der Waals surface area contributed by atoms with Crippen LogP contribution >= 0.6 is 0 Å². The van der Waals surface area contributed by atoms with Crippen LogP contribution in [0.2, 0.25) is 0 Å². The number of aromatic nitrogens is 3. The fraction of sp³-hybridized carbons (Fsp3) is 0.321. The number of fused-ring (bicyclic) bond motifs is 1. The number of anilines is 1. The van der Waals surface area contributed by atoms with Crippen LogP contribution in [-0.2, 0) is 10.4 Å². The number of halogens is 3. The summed E-state index contributed by atoms with van der Waals surface area (Å²) in [5.74, 6) is 0.976. The number of carbonyl (C=O) groups excluding carboxylic acids is 1. The Bertz CT molecular complexity index is 1450. The first-order valence-electron chi connectivity index (χ1n) is 12.5. The summed E-state index contributed by atoms with van der Waals surface area (Å²) < 4.78 is 44.3. The Kier molecular flexibility index (Phi) is 6.60. The lowest BCUT2D eigenvalue weighted by atomic mass is 9.85. The second-order valence-electron chi connectivity index (χ2n) is 9.55. The van der Waals surface area contributed by atoms with Crippen molar-refractivity contribution < 1.29 is 23.1 Å². The molecule has 10 heteroatoms. The molecule has 0 spiro atoms. The van der Waals surface area contributed by atoms with Gasteiger partial charge in [0.2, 0.25) is 11.5 Å². The second kappa shape index (κ2) is 9.75. The number of imidazole rings is 1. The number of aliphatic hydroxyl groups is 1. The molecule has 2 aromatic heterocycles. The largest absolute Gasteiger partial charge is 0.425 e. The van der Waals surface area contributed by atoms with Gasteiger partial charge in [-0.3, -0.25) is 9.20 Å². The normalized spacial score (nSPS) is 16.7. The van der Waals surface area contributed by atoms with Gasteiger partial charge in [0.25, 0.3) is 0 Å². The van der Waals surface area contributed by atoms with Crippen molar-refractivity contribution >= 4 is 17.2 Å². The number of rotatable bonds is 7. The van der Waals surface area contributed by atoms with E-state index in [4.69, 9.17) is 10.7 Å². The van der Waals surface area contributed by atoms with Gasteiger partial charge < -0.3 is 15.7 Å². The monoisotopic (exact) mass is 523 g/mol. The number of carbonyl (C=O) groups is 1. The standard InChI is InChI=1S/C28H28F3N5O2/c1-2-18(17-35-15-6-9-22(35)37)26-34-23(24-25(32)33-14-16-36(24)26)19-10-12-21(13-11-19)27(38,28(29,30)31)20-7-4-3-5-8-20/h3-5,7-8,10-14,16,18,38H,2,6,9,15,17H2,1H3,(H2,32,33). The third-order valence-electron chi connectivity index (χ3n) is 7.26. The predicted octanol–water partition coefficient (Wildman–Crippen LogP) is 4.89. The van der Waals surface area contributed by atoms with Gasteiger partial charge in [-0.05, 0) is 24.0 Å². The molecule has 7 nitrogen and oxygen atoms in total. The van der Waals surface area contributed by atoms with Gasteiger partial charge in [0.05, 0.1) is 0 Å².